The average Bonchev–Trinajstić information content (AvgIpc) is 2.78. The van der Waals surface area contributed by atoms with Crippen molar-refractivity contribution in [1.29, 1.82) is 0 Å². The fraction of sp³-hybridized carbons (Fsp3) is 0.235. The Morgan fingerprint density at radius 1 is 1.14 bits per heavy atom. The summed E-state index contributed by atoms with van der Waals surface area (Å²) in [7, 11) is 0. The molecule has 2 heterocycles. The van der Waals surface area contributed by atoms with Crippen molar-refractivity contribution in [2.24, 2.45) is 0 Å². The van der Waals surface area contributed by atoms with E-state index >= 15 is 0 Å². The molecule has 0 saturated carbocycles. The molecule has 1 unspecified atom stereocenters. The number of nitrogens with one attached hydrogen (secondary N) is 1. The lowest BCUT2D eigenvalue weighted by Gasteiger charge is -2.15. The maximum Gasteiger partial charge on any atom is 0.127 e. The fourth-order valence-electron chi connectivity index (χ4n) is 2.60. The van der Waals surface area contributed by atoms with Crippen LogP contribution in [0.25, 0.3) is 10.9 Å². The summed E-state index contributed by atoms with van der Waals surface area (Å²) >= 11 is 1.84. The van der Waals surface area contributed by atoms with Gasteiger partial charge in [-0.1, -0.05) is 0 Å². The van der Waals surface area contributed by atoms with Crippen LogP contribution in [0.15, 0.2) is 36.4 Å². The number of nitrogens with two attached hydrogens (primary N) is 1. The lowest BCUT2D eigenvalue weighted by molar-refractivity contribution is 0.874. The summed E-state index contributed by atoms with van der Waals surface area (Å²) in [6.45, 7) is 6.48. The Hall–Kier alpha value is -2.07. The number of aryl methyl sites for hydroxylation is 2. The zero-order valence-corrected chi connectivity index (χ0v) is 13.3. The molecule has 0 amide bonds. The number of nitrogens with zero attached hydrogens (tertiary/aromatic N) is 1. The van der Waals surface area contributed by atoms with Gasteiger partial charge < -0.3 is 11.1 Å². The van der Waals surface area contributed by atoms with Gasteiger partial charge >= 0.3 is 0 Å². The smallest absolute Gasteiger partial charge is 0.127 e. The van der Waals surface area contributed by atoms with Gasteiger partial charge in [0, 0.05) is 20.8 Å². The van der Waals surface area contributed by atoms with Crippen molar-refractivity contribution < 1.29 is 0 Å². The molecule has 0 spiro atoms. The van der Waals surface area contributed by atoms with Gasteiger partial charge in [0.15, 0.2) is 0 Å². The number of aromatic nitrogens is 1. The molecular formula is C17H19N3S. The van der Waals surface area contributed by atoms with Crippen molar-refractivity contribution in [3.63, 3.8) is 0 Å². The Balaban J connectivity index is 1.87. The number of fused-ring (bicyclic) bond motifs is 1. The molecule has 0 saturated heterocycles. The van der Waals surface area contributed by atoms with Gasteiger partial charge in [-0.15, -0.1) is 11.3 Å². The minimum absolute atomic E-state index is 0.244. The first-order chi connectivity index (χ1) is 10.0. The molecular weight excluding hydrogens is 278 g/mol. The summed E-state index contributed by atoms with van der Waals surface area (Å²) in [5.74, 6) is 0.892. The Kier molecular flexibility index (Phi) is 3.55. The van der Waals surface area contributed by atoms with E-state index in [9.17, 15) is 0 Å². The van der Waals surface area contributed by atoms with Gasteiger partial charge in [0.2, 0.25) is 0 Å². The maximum absolute atomic E-state index is 5.80. The van der Waals surface area contributed by atoms with E-state index in [1.54, 1.807) is 0 Å². The summed E-state index contributed by atoms with van der Waals surface area (Å²) in [5.41, 5.74) is 8.86. The molecule has 0 aliphatic rings. The fourth-order valence-corrected chi connectivity index (χ4v) is 3.63. The molecule has 3 aromatic rings. The zero-order chi connectivity index (χ0) is 15.0. The standard InChI is InChI=1S/C17H19N3S/c1-10-8-15(12(3)21-10)11(2)19-17-7-4-13-9-14(18)5-6-16(13)20-17/h4-9,11H,18H2,1-3H3,(H,19,20). The molecule has 0 fully saturated rings. The van der Waals surface area contributed by atoms with Gasteiger partial charge in [-0.05, 0) is 62.7 Å². The molecule has 3 rings (SSSR count). The van der Waals surface area contributed by atoms with Crippen LogP contribution in [-0.2, 0) is 0 Å². The number of benzene rings is 1. The molecule has 3 N–H and O–H groups in total. The molecule has 1 atom stereocenters. The highest BCUT2D eigenvalue weighted by Crippen LogP contribution is 2.28. The van der Waals surface area contributed by atoms with Crippen LogP contribution in [-0.4, -0.2) is 4.98 Å². The highest BCUT2D eigenvalue weighted by molar-refractivity contribution is 7.12. The number of anilines is 2. The van der Waals surface area contributed by atoms with Crippen molar-refractivity contribution in [1.82, 2.24) is 4.98 Å². The van der Waals surface area contributed by atoms with Crippen molar-refractivity contribution in [2.75, 3.05) is 11.1 Å². The lowest BCUT2D eigenvalue weighted by atomic mass is 10.1. The van der Waals surface area contributed by atoms with Crippen LogP contribution in [0.3, 0.4) is 0 Å². The third kappa shape index (κ3) is 2.85. The number of pyridine rings is 1. The lowest BCUT2D eigenvalue weighted by Crippen LogP contribution is -2.08. The quantitative estimate of drug-likeness (QED) is 0.691. The molecule has 21 heavy (non-hydrogen) atoms. The summed E-state index contributed by atoms with van der Waals surface area (Å²) in [4.78, 5) is 7.36. The molecule has 0 bridgehead atoms. The minimum Gasteiger partial charge on any atom is -0.399 e. The van der Waals surface area contributed by atoms with E-state index in [1.807, 2.05) is 35.6 Å². The van der Waals surface area contributed by atoms with Gasteiger partial charge in [-0.2, -0.15) is 0 Å². The van der Waals surface area contributed by atoms with Gasteiger partial charge in [0.05, 0.1) is 11.6 Å². The van der Waals surface area contributed by atoms with E-state index in [2.05, 4.69) is 43.2 Å². The van der Waals surface area contributed by atoms with Crippen LogP contribution in [0, 0.1) is 13.8 Å². The van der Waals surface area contributed by atoms with Crippen molar-refractivity contribution >= 4 is 33.7 Å². The van der Waals surface area contributed by atoms with E-state index in [-0.39, 0.29) is 6.04 Å². The van der Waals surface area contributed by atoms with Crippen LogP contribution in [0.5, 0.6) is 0 Å². The number of hydrogen-bond donors (Lipinski definition) is 2. The summed E-state index contributed by atoms with van der Waals surface area (Å²) in [5, 5.41) is 4.55. The molecule has 3 nitrogen and oxygen atoms in total. The normalized spacial score (nSPS) is 12.5. The third-order valence-corrected chi connectivity index (χ3v) is 4.61. The topological polar surface area (TPSA) is 50.9 Å². The van der Waals surface area contributed by atoms with Gasteiger partial charge in [0.25, 0.3) is 0 Å². The number of nitrogen functional groups attached to an aromatic ring is 1. The molecule has 4 heteroatoms. The SMILES string of the molecule is Cc1cc(C(C)Nc2ccc3cc(N)ccc3n2)c(C)s1. The van der Waals surface area contributed by atoms with Crippen molar-refractivity contribution in [3.05, 3.63) is 51.7 Å². The van der Waals surface area contributed by atoms with Crippen LogP contribution < -0.4 is 11.1 Å². The van der Waals surface area contributed by atoms with E-state index in [0.717, 1.165) is 22.4 Å². The van der Waals surface area contributed by atoms with E-state index in [1.165, 1.54) is 15.3 Å². The second-order valence-electron chi connectivity index (χ2n) is 5.38. The Bertz CT molecular complexity index is 792. The monoisotopic (exact) mass is 297 g/mol. The third-order valence-electron chi connectivity index (χ3n) is 3.62. The Morgan fingerprint density at radius 2 is 1.95 bits per heavy atom. The second-order valence-corrected chi connectivity index (χ2v) is 6.84. The van der Waals surface area contributed by atoms with Crippen LogP contribution in [0.1, 0.15) is 28.3 Å². The summed E-state index contributed by atoms with van der Waals surface area (Å²) < 4.78 is 0. The first-order valence-corrected chi connectivity index (χ1v) is 7.84. The average molecular weight is 297 g/mol. The van der Waals surface area contributed by atoms with Crippen LogP contribution in [0.4, 0.5) is 11.5 Å². The molecule has 0 aliphatic heterocycles. The predicted molar refractivity (Wildman–Crippen MR) is 92.0 cm³/mol. The first-order valence-electron chi connectivity index (χ1n) is 7.02. The van der Waals surface area contributed by atoms with Crippen LogP contribution >= 0.6 is 11.3 Å². The largest absolute Gasteiger partial charge is 0.399 e. The number of rotatable bonds is 3. The van der Waals surface area contributed by atoms with E-state index < -0.39 is 0 Å². The molecule has 0 radical (unpaired) electrons. The van der Waals surface area contributed by atoms with Crippen molar-refractivity contribution in [2.45, 2.75) is 26.8 Å². The highest BCUT2D eigenvalue weighted by Gasteiger charge is 2.11. The summed E-state index contributed by atoms with van der Waals surface area (Å²) in [6, 6.07) is 12.3. The first kappa shape index (κ1) is 13.9. The minimum atomic E-state index is 0.244. The highest BCUT2D eigenvalue weighted by atomic mass is 32.1. The number of hydrogen-bond acceptors (Lipinski definition) is 4. The maximum atomic E-state index is 5.80. The molecule has 2 aromatic heterocycles. The van der Waals surface area contributed by atoms with Gasteiger partial charge in [-0.25, -0.2) is 4.98 Å². The number of thiophene rings is 1. The second kappa shape index (κ2) is 5.37. The molecule has 0 aliphatic carbocycles. The predicted octanol–water partition coefficient (Wildman–Crippen LogP) is 4.67. The van der Waals surface area contributed by atoms with Crippen LogP contribution in [0.2, 0.25) is 0 Å². The zero-order valence-electron chi connectivity index (χ0n) is 12.5. The van der Waals surface area contributed by atoms with E-state index in [0.29, 0.717) is 0 Å². The van der Waals surface area contributed by atoms with Crippen molar-refractivity contribution in [3.8, 4) is 0 Å². The molecule has 108 valence electrons. The molecule has 1 aromatic carbocycles. The Morgan fingerprint density at radius 3 is 2.67 bits per heavy atom. The summed E-state index contributed by atoms with van der Waals surface area (Å²) in [6.07, 6.45) is 0. The van der Waals surface area contributed by atoms with Gasteiger partial charge in [-0.3, -0.25) is 0 Å². The van der Waals surface area contributed by atoms with E-state index in [4.69, 9.17) is 5.73 Å². The van der Waals surface area contributed by atoms with Gasteiger partial charge in [0.1, 0.15) is 5.82 Å². The Labute approximate surface area is 128 Å².